The van der Waals surface area contributed by atoms with E-state index in [4.69, 9.17) is 19.2 Å². The minimum absolute atomic E-state index is 0.132. The number of nitrogens with zero attached hydrogens (tertiary/aromatic N) is 5. The molecule has 1 aromatic carbocycles. The summed E-state index contributed by atoms with van der Waals surface area (Å²) in [5, 5.41) is 10.3. The van der Waals surface area contributed by atoms with E-state index in [0.717, 1.165) is 5.56 Å². The number of carbonyl (C=O) groups is 2. The molecule has 5 rings (SSSR count). The Morgan fingerprint density at radius 2 is 2.05 bits per heavy atom. The standard InChI is InChI=1S/C28H32FN7O5/c1-15(32-27(38)41-28(2,3)4)21-14-36-24(33-21)18(22-11-20(25(37)39-6)34-35(22)5)13-31-26(36)30-12-17-16-9-10-40-23(16)8-7-19(17)29/h7-8,11,13-15H,9-10,12H2,1-6H3,(H,30,31)(H,32,38). The predicted octanol–water partition coefficient (Wildman–Crippen LogP) is 4.19. The summed E-state index contributed by atoms with van der Waals surface area (Å²) in [4.78, 5) is 34.0. The number of esters is 1. The van der Waals surface area contributed by atoms with E-state index in [9.17, 15) is 14.0 Å². The molecule has 4 aromatic rings. The summed E-state index contributed by atoms with van der Waals surface area (Å²) < 4.78 is 33.9. The maximum atomic E-state index is 14.8. The summed E-state index contributed by atoms with van der Waals surface area (Å²) in [5.41, 5.74) is 2.98. The molecule has 12 nitrogen and oxygen atoms in total. The Labute approximate surface area is 235 Å². The SMILES string of the molecule is COC(=O)c1cc(-c2cnc(NCc3c(F)ccc4c3CCO4)n3cc(C(C)NC(=O)OC(C)(C)C)nc23)n(C)n1. The van der Waals surface area contributed by atoms with Gasteiger partial charge in [-0.15, -0.1) is 0 Å². The van der Waals surface area contributed by atoms with E-state index in [1.54, 1.807) is 63.7 Å². The van der Waals surface area contributed by atoms with Crippen molar-refractivity contribution in [3.63, 3.8) is 0 Å². The van der Waals surface area contributed by atoms with Crippen LogP contribution in [0.3, 0.4) is 0 Å². The molecule has 1 atom stereocenters. The molecule has 2 N–H and O–H groups in total. The molecular formula is C28H32FN7O5. The zero-order valence-corrected chi connectivity index (χ0v) is 23.7. The molecule has 0 aliphatic carbocycles. The third-order valence-electron chi connectivity index (χ3n) is 6.60. The quantitative estimate of drug-likeness (QED) is 0.316. The first-order chi connectivity index (χ1) is 19.4. The Bertz CT molecular complexity index is 1640. The molecule has 1 unspecified atom stereocenters. The number of imidazole rings is 1. The third kappa shape index (κ3) is 5.65. The molecule has 0 radical (unpaired) electrons. The maximum absolute atomic E-state index is 14.8. The number of amides is 1. The lowest BCUT2D eigenvalue weighted by Gasteiger charge is -2.21. The van der Waals surface area contributed by atoms with Gasteiger partial charge in [0.05, 0.1) is 36.7 Å². The highest BCUT2D eigenvalue weighted by Crippen LogP contribution is 2.32. The monoisotopic (exact) mass is 565 g/mol. The van der Waals surface area contributed by atoms with Gasteiger partial charge in [-0.25, -0.2) is 23.9 Å². The van der Waals surface area contributed by atoms with Crippen LogP contribution in [-0.2, 0) is 29.5 Å². The van der Waals surface area contributed by atoms with Crippen LogP contribution in [0.5, 0.6) is 5.75 Å². The largest absolute Gasteiger partial charge is 0.493 e. The van der Waals surface area contributed by atoms with Crippen LogP contribution in [0.4, 0.5) is 15.1 Å². The van der Waals surface area contributed by atoms with Gasteiger partial charge >= 0.3 is 12.1 Å². The number of fused-ring (bicyclic) bond motifs is 2. The van der Waals surface area contributed by atoms with E-state index >= 15 is 0 Å². The zero-order valence-electron chi connectivity index (χ0n) is 23.7. The summed E-state index contributed by atoms with van der Waals surface area (Å²) in [6, 6.07) is 4.11. The van der Waals surface area contributed by atoms with Crippen molar-refractivity contribution < 1.29 is 28.2 Å². The van der Waals surface area contributed by atoms with E-state index in [-0.39, 0.29) is 18.1 Å². The summed E-state index contributed by atoms with van der Waals surface area (Å²) >= 11 is 0. The number of nitrogens with one attached hydrogen (secondary N) is 2. The van der Waals surface area contributed by atoms with Gasteiger partial charge in [0.15, 0.2) is 11.3 Å². The number of aryl methyl sites for hydroxylation is 1. The Kier molecular flexibility index (Phi) is 7.28. The number of ether oxygens (including phenoxy) is 3. The fraction of sp³-hybridized carbons (Fsp3) is 0.393. The molecule has 216 valence electrons. The fourth-order valence-electron chi connectivity index (χ4n) is 4.67. The molecule has 1 amide bonds. The number of carbonyl (C=O) groups excluding carboxylic acids is 2. The second-order valence-electron chi connectivity index (χ2n) is 10.7. The van der Waals surface area contributed by atoms with Crippen molar-refractivity contribution in [1.82, 2.24) is 29.5 Å². The van der Waals surface area contributed by atoms with Gasteiger partial charge in [0.1, 0.15) is 17.2 Å². The molecule has 1 aliphatic heterocycles. The van der Waals surface area contributed by atoms with Crippen LogP contribution < -0.4 is 15.4 Å². The summed E-state index contributed by atoms with van der Waals surface area (Å²) in [6.07, 6.45) is 3.39. The van der Waals surface area contributed by atoms with Gasteiger partial charge in [-0.1, -0.05) is 0 Å². The average Bonchev–Trinajstić information content (AvgIpc) is 3.65. The van der Waals surface area contributed by atoms with Gasteiger partial charge in [0.2, 0.25) is 5.95 Å². The normalized spacial score (nSPS) is 13.4. The lowest BCUT2D eigenvalue weighted by Crippen LogP contribution is -2.34. The van der Waals surface area contributed by atoms with Crippen molar-refractivity contribution in [3.05, 3.63) is 58.9 Å². The van der Waals surface area contributed by atoms with Crippen molar-refractivity contribution in [1.29, 1.82) is 0 Å². The van der Waals surface area contributed by atoms with Crippen molar-refractivity contribution in [2.45, 2.75) is 52.3 Å². The molecule has 3 aromatic heterocycles. The predicted molar refractivity (Wildman–Crippen MR) is 147 cm³/mol. The van der Waals surface area contributed by atoms with Gasteiger partial charge in [-0.3, -0.25) is 9.08 Å². The highest BCUT2D eigenvalue weighted by Gasteiger charge is 2.24. The van der Waals surface area contributed by atoms with Gasteiger partial charge in [0, 0.05) is 43.5 Å². The number of rotatable bonds is 7. The van der Waals surface area contributed by atoms with Crippen molar-refractivity contribution in [2.75, 3.05) is 19.0 Å². The Morgan fingerprint density at radius 3 is 2.78 bits per heavy atom. The summed E-state index contributed by atoms with van der Waals surface area (Å²) in [7, 11) is 2.98. The van der Waals surface area contributed by atoms with Gasteiger partial charge in [0.25, 0.3) is 0 Å². The Hall–Kier alpha value is -4.68. The molecule has 0 saturated carbocycles. The lowest BCUT2D eigenvalue weighted by atomic mass is 10.0. The van der Waals surface area contributed by atoms with Crippen LogP contribution in [0.15, 0.2) is 30.6 Å². The molecule has 1 aliphatic rings. The van der Waals surface area contributed by atoms with Gasteiger partial charge in [-0.2, -0.15) is 5.10 Å². The molecule has 13 heteroatoms. The molecule has 41 heavy (non-hydrogen) atoms. The first-order valence-corrected chi connectivity index (χ1v) is 13.1. The first kappa shape index (κ1) is 27.9. The number of benzene rings is 1. The zero-order chi connectivity index (χ0) is 29.5. The van der Waals surface area contributed by atoms with Crippen LogP contribution in [-0.4, -0.2) is 55.5 Å². The lowest BCUT2D eigenvalue weighted by molar-refractivity contribution is 0.0506. The minimum atomic E-state index is -0.661. The van der Waals surface area contributed by atoms with E-state index in [2.05, 4.69) is 20.7 Å². The average molecular weight is 566 g/mol. The third-order valence-corrected chi connectivity index (χ3v) is 6.60. The number of aromatic nitrogens is 5. The maximum Gasteiger partial charge on any atom is 0.408 e. The number of hydrogen-bond donors (Lipinski definition) is 2. The molecule has 0 bridgehead atoms. The van der Waals surface area contributed by atoms with Crippen LogP contribution in [0, 0.1) is 5.82 Å². The number of anilines is 1. The highest BCUT2D eigenvalue weighted by atomic mass is 19.1. The topological polar surface area (TPSA) is 134 Å². The van der Waals surface area contributed by atoms with Crippen molar-refractivity contribution in [2.24, 2.45) is 7.05 Å². The van der Waals surface area contributed by atoms with E-state index in [0.29, 0.717) is 52.9 Å². The number of hydrogen-bond acceptors (Lipinski definition) is 9. The van der Waals surface area contributed by atoms with Crippen LogP contribution in [0.25, 0.3) is 16.9 Å². The van der Waals surface area contributed by atoms with Crippen molar-refractivity contribution >= 4 is 23.7 Å². The highest BCUT2D eigenvalue weighted by molar-refractivity contribution is 5.89. The number of halogens is 1. The van der Waals surface area contributed by atoms with Crippen molar-refractivity contribution in [3.8, 4) is 17.0 Å². The Morgan fingerprint density at radius 1 is 1.27 bits per heavy atom. The molecule has 4 heterocycles. The molecular weight excluding hydrogens is 533 g/mol. The molecule has 0 spiro atoms. The number of methoxy groups -OCH3 is 1. The van der Waals surface area contributed by atoms with E-state index in [1.807, 2.05) is 0 Å². The van der Waals surface area contributed by atoms with E-state index < -0.39 is 23.7 Å². The molecule has 0 saturated heterocycles. The summed E-state index contributed by atoms with van der Waals surface area (Å²) in [6.45, 7) is 7.81. The minimum Gasteiger partial charge on any atom is -0.493 e. The van der Waals surface area contributed by atoms with Gasteiger partial charge < -0.3 is 24.8 Å². The second kappa shape index (κ2) is 10.7. The Balaban J connectivity index is 1.54. The smallest absolute Gasteiger partial charge is 0.408 e. The number of alkyl carbamates (subject to hydrolysis) is 1. The first-order valence-electron chi connectivity index (χ1n) is 13.1. The van der Waals surface area contributed by atoms with Crippen LogP contribution in [0.2, 0.25) is 0 Å². The molecule has 0 fully saturated rings. The van der Waals surface area contributed by atoms with E-state index in [1.165, 1.54) is 17.9 Å². The van der Waals surface area contributed by atoms with Gasteiger partial charge in [-0.05, 0) is 45.9 Å². The second-order valence-corrected chi connectivity index (χ2v) is 10.7. The summed E-state index contributed by atoms with van der Waals surface area (Å²) in [5.74, 6) is 0.176. The van der Waals surface area contributed by atoms with Crippen LogP contribution in [0.1, 0.15) is 61.0 Å². The van der Waals surface area contributed by atoms with Crippen LogP contribution >= 0.6 is 0 Å². The fourth-order valence-corrected chi connectivity index (χ4v) is 4.67.